The van der Waals surface area contributed by atoms with Gasteiger partial charge in [0.05, 0.1) is 10.8 Å². The number of piperazine rings is 1. The number of nitrogens with one attached hydrogen (secondary N) is 1. The monoisotopic (exact) mass is 646 g/mol. The first kappa shape index (κ1) is 33.3. The fourth-order valence-electron chi connectivity index (χ4n) is 5.14. The molecule has 2 aromatic rings. The highest BCUT2D eigenvalue weighted by Crippen LogP contribution is 2.42. The molecule has 0 spiro atoms. The number of carboxylic acids is 1. The Morgan fingerprint density at radius 2 is 1.59 bits per heavy atom. The van der Waals surface area contributed by atoms with Crippen molar-refractivity contribution >= 4 is 45.7 Å². The van der Waals surface area contributed by atoms with Gasteiger partial charge in [0.1, 0.15) is 17.8 Å². The number of rotatable bonds is 9. The Balaban J connectivity index is 1.40. The average Bonchev–Trinajstić information content (AvgIpc) is 3.33. The van der Waals surface area contributed by atoms with Gasteiger partial charge in [-0.2, -0.15) is 4.31 Å². The van der Waals surface area contributed by atoms with E-state index in [0.717, 1.165) is 9.87 Å². The van der Waals surface area contributed by atoms with Crippen LogP contribution in [0.1, 0.15) is 38.3 Å². The molecule has 4 rings (SSSR count). The quantitative estimate of drug-likeness (QED) is 0.419. The van der Waals surface area contributed by atoms with Crippen LogP contribution in [0.2, 0.25) is 0 Å². The van der Waals surface area contributed by atoms with Crippen molar-refractivity contribution in [3.05, 3.63) is 59.7 Å². The van der Waals surface area contributed by atoms with E-state index in [1.165, 1.54) is 40.9 Å². The van der Waals surface area contributed by atoms with E-state index < -0.39 is 44.8 Å². The summed E-state index contributed by atoms with van der Waals surface area (Å²) in [7, 11) is -4.02. The Hall–Kier alpha value is -3.62. The molecule has 2 aromatic carbocycles. The van der Waals surface area contributed by atoms with Gasteiger partial charge in [-0.25, -0.2) is 18.0 Å². The summed E-state index contributed by atoms with van der Waals surface area (Å²) in [4.78, 5) is 53.4. The molecule has 2 N–H and O–H groups in total. The summed E-state index contributed by atoms with van der Waals surface area (Å²) in [6.07, 6.45) is -0.206. The fraction of sp³-hybridized carbons (Fsp3) is 0.467. The molecule has 14 heteroatoms. The second-order valence-corrected chi connectivity index (χ2v) is 14.8. The standard InChI is InChI=1S/C30H38N4O8S2/c1-5-25(35)32-14-16-33(17-15-32)29(39)42-22-10-8-21(9-11-22)18-24(28(37)38)31-27(36)26-30(3,4)43-19-34(26)44(40,41)23-12-6-20(2)7-13-23/h6-13,24,26H,5,14-19H2,1-4H3,(H,31,36)(H,37,38)/t24-,26+/m0/s1. The third-order valence-electron chi connectivity index (χ3n) is 7.76. The van der Waals surface area contributed by atoms with Crippen LogP contribution in [0.25, 0.3) is 0 Å². The van der Waals surface area contributed by atoms with Crippen molar-refractivity contribution in [3.8, 4) is 5.75 Å². The molecule has 2 saturated heterocycles. The smallest absolute Gasteiger partial charge is 0.415 e. The zero-order chi connectivity index (χ0) is 32.2. The van der Waals surface area contributed by atoms with Crippen LogP contribution < -0.4 is 10.1 Å². The summed E-state index contributed by atoms with van der Waals surface area (Å²) in [5.41, 5.74) is 1.46. The summed E-state index contributed by atoms with van der Waals surface area (Å²) < 4.78 is 32.7. The zero-order valence-electron chi connectivity index (χ0n) is 25.2. The van der Waals surface area contributed by atoms with Crippen LogP contribution >= 0.6 is 11.8 Å². The zero-order valence-corrected chi connectivity index (χ0v) is 26.8. The number of benzene rings is 2. The predicted octanol–water partition coefficient (Wildman–Crippen LogP) is 2.70. The number of carbonyl (C=O) groups is 4. The molecule has 2 atom stereocenters. The number of carbonyl (C=O) groups excluding carboxylic acids is 3. The van der Waals surface area contributed by atoms with E-state index in [0.29, 0.717) is 38.2 Å². The van der Waals surface area contributed by atoms with Gasteiger partial charge in [0.25, 0.3) is 0 Å². The number of amides is 3. The van der Waals surface area contributed by atoms with Crippen LogP contribution in [0.3, 0.4) is 0 Å². The predicted molar refractivity (Wildman–Crippen MR) is 165 cm³/mol. The number of carboxylic acid groups (broad SMARTS) is 1. The van der Waals surface area contributed by atoms with E-state index >= 15 is 0 Å². The van der Waals surface area contributed by atoms with E-state index in [1.54, 1.807) is 49.9 Å². The third kappa shape index (κ3) is 7.53. The molecule has 2 heterocycles. The normalized spacial score (nSPS) is 19.3. The van der Waals surface area contributed by atoms with Gasteiger partial charge in [0.15, 0.2) is 0 Å². The Morgan fingerprint density at radius 1 is 1.00 bits per heavy atom. The van der Waals surface area contributed by atoms with E-state index in [2.05, 4.69) is 5.32 Å². The first-order valence-electron chi connectivity index (χ1n) is 14.3. The second kappa shape index (κ2) is 13.6. The maximum absolute atomic E-state index is 13.5. The minimum atomic E-state index is -4.02. The number of ether oxygens (including phenoxy) is 1. The van der Waals surface area contributed by atoms with Crippen LogP contribution in [-0.2, 0) is 30.8 Å². The summed E-state index contributed by atoms with van der Waals surface area (Å²) >= 11 is 1.30. The summed E-state index contributed by atoms with van der Waals surface area (Å²) in [6.45, 7) is 8.76. The number of aliphatic carboxylic acids is 1. The lowest BCUT2D eigenvalue weighted by atomic mass is 10.0. The molecule has 0 unspecified atom stereocenters. The molecule has 0 radical (unpaired) electrons. The van der Waals surface area contributed by atoms with Gasteiger partial charge in [0.2, 0.25) is 21.8 Å². The van der Waals surface area contributed by atoms with Gasteiger partial charge in [-0.1, -0.05) is 36.8 Å². The highest BCUT2D eigenvalue weighted by Gasteiger charge is 2.51. The number of aryl methyl sites for hydroxylation is 1. The number of nitrogens with zero attached hydrogens (tertiary/aromatic N) is 3. The average molecular weight is 647 g/mol. The summed E-state index contributed by atoms with van der Waals surface area (Å²) in [6, 6.07) is 10.2. The molecule has 0 aliphatic carbocycles. The molecule has 2 fully saturated rings. The lowest BCUT2D eigenvalue weighted by Crippen LogP contribution is -2.56. The Kier molecular flexibility index (Phi) is 10.3. The van der Waals surface area contributed by atoms with E-state index in [9.17, 15) is 32.7 Å². The minimum Gasteiger partial charge on any atom is -0.480 e. The number of hydrogen-bond donors (Lipinski definition) is 2. The maximum Gasteiger partial charge on any atom is 0.415 e. The molecule has 2 aliphatic heterocycles. The van der Waals surface area contributed by atoms with Gasteiger partial charge in [0, 0.05) is 43.8 Å². The maximum atomic E-state index is 13.5. The van der Waals surface area contributed by atoms with E-state index in [4.69, 9.17) is 4.74 Å². The third-order valence-corrected chi connectivity index (χ3v) is 11.1. The topological polar surface area (TPSA) is 154 Å². The van der Waals surface area contributed by atoms with Crippen molar-refractivity contribution in [2.45, 2.75) is 62.3 Å². The Labute approximate surface area is 261 Å². The van der Waals surface area contributed by atoms with E-state index in [1.807, 2.05) is 6.92 Å². The van der Waals surface area contributed by atoms with Crippen LogP contribution in [0.15, 0.2) is 53.4 Å². The molecule has 0 aromatic heterocycles. The molecule has 0 bridgehead atoms. The van der Waals surface area contributed by atoms with Crippen LogP contribution in [0.5, 0.6) is 5.75 Å². The molecule has 12 nitrogen and oxygen atoms in total. The van der Waals surface area contributed by atoms with Crippen molar-refractivity contribution in [1.29, 1.82) is 0 Å². The van der Waals surface area contributed by atoms with E-state index in [-0.39, 0.29) is 28.8 Å². The highest BCUT2D eigenvalue weighted by atomic mass is 32.2. The molecular weight excluding hydrogens is 608 g/mol. The SMILES string of the molecule is CCC(=O)N1CCN(C(=O)Oc2ccc(C[C@H](NC(=O)[C@H]3N(S(=O)(=O)c4ccc(C)cc4)CSC3(C)C)C(=O)O)cc2)CC1. The van der Waals surface area contributed by atoms with Gasteiger partial charge < -0.3 is 25.0 Å². The molecule has 2 aliphatic rings. The van der Waals surface area contributed by atoms with Crippen molar-refractivity contribution in [2.24, 2.45) is 0 Å². The van der Waals surface area contributed by atoms with Gasteiger partial charge in [-0.3, -0.25) is 9.59 Å². The molecule has 0 saturated carbocycles. The van der Waals surface area contributed by atoms with Gasteiger partial charge >= 0.3 is 12.1 Å². The summed E-state index contributed by atoms with van der Waals surface area (Å²) in [5.74, 6) is -1.62. The van der Waals surface area contributed by atoms with Gasteiger partial charge in [-0.05, 0) is 50.6 Å². The lowest BCUT2D eigenvalue weighted by Gasteiger charge is -2.33. The fourth-order valence-corrected chi connectivity index (χ4v) is 8.31. The second-order valence-electron chi connectivity index (χ2n) is 11.3. The summed E-state index contributed by atoms with van der Waals surface area (Å²) in [5, 5.41) is 12.5. The van der Waals surface area contributed by atoms with Crippen molar-refractivity contribution in [2.75, 3.05) is 32.1 Å². The van der Waals surface area contributed by atoms with Gasteiger partial charge in [-0.15, -0.1) is 11.8 Å². The van der Waals surface area contributed by atoms with Crippen molar-refractivity contribution in [1.82, 2.24) is 19.4 Å². The lowest BCUT2D eigenvalue weighted by molar-refractivity contribution is -0.142. The first-order valence-corrected chi connectivity index (χ1v) is 16.7. The molecule has 3 amide bonds. The van der Waals surface area contributed by atoms with Crippen LogP contribution in [0.4, 0.5) is 4.79 Å². The molecular formula is C30H38N4O8S2. The Morgan fingerprint density at radius 3 is 2.16 bits per heavy atom. The first-order chi connectivity index (χ1) is 20.7. The Bertz CT molecular complexity index is 1490. The van der Waals surface area contributed by atoms with Crippen LogP contribution in [-0.4, -0.2) is 100 Å². The van der Waals surface area contributed by atoms with Crippen molar-refractivity contribution in [3.63, 3.8) is 0 Å². The number of hydrogen-bond acceptors (Lipinski definition) is 8. The minimum absolute atomic E-state index is 0.0416. The largest absolute Gasteiger partial charge is 0.480 e. The molecule has 44 heavy (non-hydrogen) atoms. The number of sulfonamides is 1. The highest BCUT2D eigenvalue weighted by molar-refractivity contribution is 8.02. The van der Waals surface area contributed by atoms with Crippen molar-refractivity contribution < 1.29 is 37.4 Å². The molecule has 238 valence electrons. The number of thioether (sulfide) groups is 1. The van der Waals surface area contributed by atoms with Crippen LogP contribution in [0, 0.1) is 6.92 Å².